The topological polar surface area (TPSA) is 50.2 Å². The van der Waals surface area contributed by atoms with E-state index in [1.54, 1.807) is 17.1 Å². The molecule has 0 saturated carbocycles. The van der Waals surface area contributed by atoms with E-state index < -0.39 is 0 Å². The highest BCUT2D eigenvalue weighted by atomic mass is 16.2. The Bertz CT molecular complexity index is 374. The van der Waals surface area contributed by atoms with E-state index in [-0.39, 0.29) is 5.91 Å². The van der Waals surface area contributed by atoms with Gasteiger partial charge in [-0.05, 0) is 19.9 Å². The minimum absolute atomic E-state index is 0.103. The summed E-state index contributed by atoms with van der Waals surface area (Å²) in [5, 5.41) is 7.17. The number of carbonyl (C=O) groups is 1. The molecule has 16 heavy (non-hydrogen) atoms. The van der Waals surface area contributed by atoms with Gasteiger partial charge >= 0.3 is 0 Å². The first-order chi connectivity index (χ1) is 7.72. The highest BCUT2D eigenvalue weighted by Crippen LogP contribution is 2.19. The molecule has 1 unspecified atom stereocenters. The number of aromatic nitrogens is 2. The molecular formula is C11H18N4O. The Morgan fingerprint density at radius 3 is 3.12 bits per heavy atom. The SMILES string of the molecule is CNCC1CCCN1C(=O)c1cnn(C)c1. The van der Waals surface area contributed by atoms with Gasteiger partial charge < -0.3 is 10.2 Å². The van der Waals surface area contributed by atoms with Crippen molar-refractivity contribution in [2.45, 2.75) is 18.9 Å². The lowest BCUT2D eigenvalue weighted by molar-refractivity contribution is 0.0737. The van der Waals surface area contributed by atoms with Crippen LogP contribution >= 0.6 is 0 Å². The van der Waals surface area contributed by atoms with Gasteiger partial charge in [0.15, 0.2) is 0 Å². The normalized spacial score (nSPS) is 20.4. The van der Waals surface area contributed by atoms with Crippen LogP contribution in [0.5, 0.6) is 0 Å². The largest absolute Gasteiger partial charge is 0.334 e. The summed E-state index contributed by atoms with van der Waals surface area (Å²) >= 11 is 0. The van der Waals surface area contributed by atoms with E-state index in [9.17, 15) is 4.79 Å². The summed E-state index contributed by atoms with van der Waals surface area (Å²) in [6.07, 6.45) is 5.60. The molecule has 1 atom stereocenters. The number of aryl methyl sites for hydroxylation is 1. The number of hydrogen-bond acceptors (Lipinski definition) is 3. The molecule has 88 valence electrons. The van der Waals surface area contributed by atoms with Crippen molar-refractivity contribution in [1.29, 1.82) is 0 Å². The van der Waals surface area contributed by atoms with Crippen LogP contribution in [0.4, 0.5) is 0 Å². The summed E-state index contributed by atoms with van der Waals surface area (Å²) in [6.45, 7) is 1.73. The molecule has 2 rings (SSSR count). The van der Waals surface area contributed by atoms with Gasteiger partial charge in [-0.3, -0.25) is 9.48 Å². The summed E-state index contributed by atoms with van der Waals surface area (Å²) in [6, 6.07) is 0.331. The first kappa shape index (κ1) is 11.1. The summed E-state index contributed by atoms with van der Waals surface area (Å²) in [5.74, 6) is 0.103. The predicted molar refractivity (Wildman–Crippen MR) is 61.2 cm³/mol. The number of nitrogens with zero attached hydrogens (tertiary/aromatic N) is 3. The van der Waals surface area contributed by atoms with E-state index >= 15 is 0 Å². The van der Waals surface area contributed by atoms with Gasteiger partial charge in [-0.15, -0.1) is 0 Å². The Kier molecular flexibility index (Phi) is 3.24. The van der Waals surface area contributed by atoms with Crippen LogP contribution in [0.1, 0.15) is 23.2 Å². The Labute approximate surface area is 95.4 Å². The summed E-state index contributed by atoms with van der Waals surface area (Å²) in [7, 11) is 3.75. The smallest absolute Gasteiger partial charge is 0.257 e. The molecule has 0 aromatic carbocycles. The monoisotopic (exact) mass is 222 g/mol. The summed E-state index contributed by atoms with van der Waals surface area (Å²) in [4.78, 5) is 14.1. The molecule has 1 fully saturated rings. The van der Waals surface area contributed by atoms with E-state index in [0.717, 1.165) is 25.9 Å². The summed E-state index contributed by atoms with van der Waals surface area (Å²) < 4.78 is 1.66. The number of likely N-dealkylation sites (N-methyl/N-ethyl adjacent to an activating group) is 1. The molecule has 1 aliphatic rings. The molecular weight excluding hydrogens is 204 g/mol. The Balaban J connectivity index is 2.09. The maximum atomic E-state index is 12.2. The van der Waals surface area contributed by atoms with Crippen LogP contribution < -0.4 is 5.32 Å². The fraction of sp³-hybridized carbons (Fsp3) is 0.636. The van der Waals surface area contributed by atoms with Gasteiger partial charge in [0, 0.05) is 32.4 Å². The highest BCUT2D eigenvalue weighted by molar-refractivity contribution is 5.94. The van der Waals surface area contributed by atoms with Crippen LogP contribution in [0.3, 0.4) is 0 Å². The van der Waals surface area contributed by atoms with Crippen LogP contribution in [-0.2, 0) is 7.05 Å². The highest BCUT2D eigenvalue weighted by Gasteiger charge is 2.29. The van der Waals surface area contributed by atoms with Crippen LogP contribution in [0.15, 0.2) is 12.4 Å². The van der Waals surface area contributed by atoms with Crippen molar-refractivity contribution >= 4 is 5.91 Å². The fourth-order valence-corrected chi connectivity index (χ4v) is 2.25. The molecule has 0 aliphatic carbocycles. The zero-order chi connectivity index (χ0) is 11.5. The second-order valence-electron chi connectivity index (χ2n) is 4.25. The van der Waals surface area contributed by atoms with E-state index in [0.29, 0.717) is 11.6 Å². The number of amides is 1. The number of likely N-dealkylation sites (tertiary alicyclic amines) is 1. The van der Waals surface area contributed by atoms with Crippen LogP contribution in [0.25, 0.3) is 0 Å². The third-order valence-corrected chi connectivity index (χ3v) is 3.03. The minimum Gasteiger partial charge on any atom is -0.334 e. The zero-order valence-corrected chi connectivity index (χ0v) is 9.81. The van der Waals surface area contributed by atoms with Gasteiger partial charge in [-0.2, -0.15) is 5.10 Å². The molecule has 5 heteroatoms. The van der Waals surface area contributed by atoms with E-state index in [4.69, 9.17) is 0 Å². The molecule has 1 aromatic heterocycles. The molecule has 1 aromatic rings. The fourth-order valence-electron chi connectivity index (χ4n) is 2.25. The molecule has 1 saturated heterocycles. The third kappa shape index (κ3) is 2.09. The van der Waals surface area contributed by atoms with Gasteiger partial charge in [0.05, 0.1) is 11.8 Å². The van der Waals surface area contributed by atoms with Crippen molar-refractivity contribution in [3.05, 3.63) is 18.0 Å². The van der Waals surface area contributed by atoms with Gasteiger partial charge in [0.25, 0.3) is 5.91 Å². The zero-order valence-electron chi connectivity index (χ0n) is 9.81. The Hall–Kier alpha value is -1.36. The first-order valence-electron chi connectivity index (χ1n) is 5.66. The van der Waals surface area contributed by atoms with Crippen molar-refractivity contribution in [1.82, 2.24) is 20.0 Å². The maximum absolute atomic E-state index is 12.2. The average molecular weight is 222 g/mol. The van der Waals surface area contributed by atoms with Crippen molar-refractivity contribution in [3.8, 4) is 0 Å². The summed E-state index contributed by atoms with van der Waals surface area (Å²) in [5.41, 5.74) is 0.686. The lowest BCUT2D eigenvalue weighted by atomic mass is 10.2. The van der Waals surface area contributed by atoms with Crippen molar-refractivity contribution in [2.75, 3.05) is 20.1 Å². The molecule has 0 spiro atoms. The van der Waals surface area contributed by atoms with Gasteiger partial charge in [-0.25, -0.2) is 0 Å². The Morgan fingerprint density at radius 2 is 2.50 bits per heavy atom. The standard InChI is InChI=1S/C11H18N4O/c1-12-7-10-4-3-5-15(10)11(16)9-6-13-14(2)8-9/h6,8,10,12H,3-5,7H2,1-2H3. The van der Waals surface area contributed by atoms with Crippen LogP contribution in [0.2, 0.25) is 0 Å². The Morgan fingerprint density at radius 1 is 1.69 bits per heavy atom. The van der Waals surface area contributed by atoms with Gasteiger partial charge in [-0.1, -0.05) is 0 Å². The van der Waals surface area contributed by atoms with Crippen LogP contribution in [0, 0.1) is 0 Å². The van der Waals surface area contributed by atoms with Crippen molar-refractivity contribution in [2.24, 2.45) is 7.05 Å². The van der Waals surface area contributed by atoms with Crippen molar-refractivity contribution < 1.29 is 4.79 Å². The lowest BCUT2D eigenvalue weighted by Gasteiger charge is -2.23. The number of hydrogen-bond donors (Lipinski definition) is 1. The molecule has 1 N–H and O–H groups in total. The number of carbonyl (C=O) groups excluding carboxylic acids is 1. The van der Waals surface area contributed by atoms with E-state index in [1.165, 1.54) is 0 Å². The maximum Gasteiger partial charge on any atom is 0.257 e. The predicted octanol–water partition coefficient (Wildman–Crippen LogP) is 0.244. The lowest BCUT2D eigenvalue weighted by Crippen LogP contribution is -2.40. The van der Waals surface area contributed by atoms with Gasteiger partial charge in [0.2, 0.25) is 0 Å². The van der Waals surface area contributed by atoms with Crippen LogP contribution in [-0.4, -0.2) is 46.8 Å². The first-order valence-corrected chi connectivity index (χ1v) is 5.66. The number of nitrogens with one attached hydrogen (secondary N) is 1. The minimum atomic E-state index is 0.103. The third-order valence-electron chi connectivity index (χ3n) is 3.03. The van der Waals surface area contributed by atoms with E-state index in [2.05, 4.69) is 10.4 Å². The molecule has 1 aliphatic heterocycles. The molecule has 0 bridgehead atoms. The number of rotatable bonds is 3. The quantitative estimate of drug-likeness (QED) is 0.797. The van der Waals surface area contributed by atoms with Crippen molar-refractivity contribution in [3.63, 3.8) is 0 Å². The average Bonchev–Trinajstić information content (AvgIpc) is 2.87. The second-order valence-corrected chi connectivity index (χ2v) is 4.25. The molecule has 0 radical (unpaired) electrons. The molecule has 5 nitrogen and oxygen atoms in total. The van der Waals surface area contributed by atoms with Gasteiger partial charge in [0.1, 0.15) is 0 Å². The van der Waals surface area contributed by atoms with E-state index in [1.807, 2.05) is 19.0 Å². The molecule has 1 amide bonds. The second kappa shape index (κ2) is 4.65. The molecule has 2 heterocycles.